The quantitative estimate of drug-likeness (QED) is 0.871. The van der Waals surface area contributed by atoms with Gasteiger partial charge in [0.05, 0.1) is 11.1 Å². The van der Waals surface area contributed by atoms with Gasteiger partial charge in [0.2, 0.25) is 0 Å². The molecule has 0 aliphatic heterocycles. The molecule has 0 saturated carbocycles. The van der Waals surface area contributed by atoms with E-state index in [9.17, 15) is 18.4 Å². The summed E-state index contributed by atoms with van der Waals surface area (Å²) < 4.78 is 27.7. The fourth-order valence-electron chi connectivity index (χ4n) is 1.85. The Morgan fingerprint density at radius 2 is 1.86 bits per heavy atom. The third-order valence-corrected chi connectivity index (χ3v) is 3.66. The van der Waals surface area contributed by atoms with Gasteiger partial charge in [0.15, 0.2) is 0 Å². The van der Waals surface area contributed by atoms with Gasteiger partial charge in [-0.2, -0.15) is 0 Å². The SMILES string of the molecule is Cc1ccc(Br)c(C(=O)Nc2ccc(F)c(C(N)=O)c2)c1F. The largest absolute Gasteiger partial charge is 0.366 e. The number of hydrogen-bond donors (Lipinski definition) is 2. The first-order valence-electron chi connectivity index (χ1n) is 6.16. The first-order chi connectivity index (χ1) is 10.3. The van der Waals surface area contributed by atoms with Crippen LogP contribution in [-0.2, 0) is 0 Å². The molecular formula is C15H11BrF2N2O2. The Kier molecular flexibility index (Phi) is 4.56. The van der Waals surface area contributed by atoms with E-state index < -0.39 is 23.4 Å². The van der Waals surface area contributed by atoms with Crippen molar-refractivity contribution in [1.29, 1.82) is 0 Å². The first kappa shape index (κ1) is 16.1. The van der Waals surface area contributed by atoms with Crippen LogP contribution in [0, 0.1) is 18.6 Å². The summed E-state index contributed by atoms with van der Waals surface area (Å²) in [5.74, 6) is -3.15. The summed E-state index contributed by atoms with van der Waals surface area (Å²) in [5.41, 5.74) is 4.94. The Hall–Kier alpha value is -2.28. The van der Waals surface area contributed by atoms with E-state index in [-0.39, 0.29) is 21.3 Å². The highest BCUT2D eigenvalue weighted by Crippen LogP contribution is 2.24. The molecule has 0 aliphatic rings. The van der Waals surface area contributed by atoms with E-state index >= 15 is 0 Å². The lowest BCUT2D eigenvalue weighted by molar-refractivity contribution is 0.0992. The van der Waals surface area contributed by atoms with Gasteiger partial charge in [0.1, 0.15) is 11.6 Å². The van der Waals surface area contributed by atoms with Crippen molar-refractivity contribution >= 4 is 33.4 Å². The molecule has 7 heteroatoms. The van der Waals surface area contributed by atoms with Gasteiger partial charge in [0, 0.05) is 10.2 Å². The number of amides is 2. The van der Waals surface area contributed by atoms with Crippen LogP contribution < -0.4 is 11.1 Å². The van der Waals surface area contributed by atoms with Crippen molar-refractivity contribution in [3.63, 3.8) is 0 Å². The molecule has 22 heavy (non-hydrogen) atoms. The number of anilines is 1. The summed E-state index contributed by atoms with van der Waals surface area (Å²) in [6.45, 7) is 1.53. The zero-order valence-corrected chi connectivity index (χ0v) is 13.0. The summed E-state index contributed by atoms with van der Waals surface area (Å²) in [7, 11) is 0. The molecule has 2 aromatic carbocycles. The van der Waals surface area contributed by atoms with Crippen molar-refractivity contribution in [3.8, 4) is 0 Å². The Morgan fingerprint density at radius 1 is 1.18 bits per heavy atom. The lowest BCUT2D eigenvalue weighted by Gasteiger charge is -2.10. The molecule has 0 heterocycles. The predicted molar refractivity (Wildman–Crippen MR) is 81.7 cm³/mol. The van der Waals surface area contributed by atoms with E-state index in [0.29, 0.717) is 5.56 Å². The zero-order chi connectivity index (χ0) is 16.4. The highest BCUT2D eigenvalue weighted by atomic mass is 79.9. The highest BCUT2D eigenvalue weighted by molar-refractivity contribution is 9.10. The maximum atomic E-state index is 14.1. The van der Waals surface area contributed by atoms with Gasteiger partial charge in [0.25, 0.3) is 11.8 Å². The van der Waals surface area contributed by atoms with E-state index in [2.05, 4.69) is 21.2 Å². The normalized spacial score (nSPS) is 10.4. The lowest BCUT2D eigenvalue weighted by atomic mass is 10.1. The minimum atomic E-state index is -0.962. The van der Waals surface area contributed by atoms with Crippen LogP contribution in [0.5, 0.6) is 0 Å². The van der Waals surface area contributed by atoms with Crippen molar-refractivity contribution in [2.45, 2.75) is 6.92 Å². The predicted octanol–water partition coefficient (Wildman–Crippen LogP) is 3.39. The van der Waals surface area contributed by atoms with Gasteiger partial charge in [-0.05, 0) is 52.7 Å². The number of carbonyl (C=O) groups is 2. The summed E-state index contributed by atoms with van der Waals surface area (Å²) >= 11 is 3.11. The van der Waals surface area contributed by atoms with Crippen molar-refractivity contribution in [1.82, 2.24) is 0 Å². The molecule has 0 saturated heterocycles. The van der Waals surface area contributed by atoms with E-state index in [1.807, 2.05) is 0 Å². The minimum Gasteiger partial charge on any atom is -0.366 e. The molecule has 0 radical (unpaired) electrons. The molecule has 0 atom stereocenters. The maximum Gasteiger partial charge on any atom is 0.259 e. The summed E-state index contributed by atoms with van der Waals surface area (Å²) in [6, 6.07) is 6.42. The summed E-state index contributed by atoms with van der Waals surface area (Å²) in [4.78, 5) is 23.3. The molecule has 0 aromatic heterocycles. The third-order valence-electron chi connectivity index (χ3n) is 3.00. The number of primary amides is 1. The standard InChI is InChI=1S/C15H11BrF2N2O2/c1-7-2-4-10(16)12(13(7)18)15(22)20-8-3-5-11(17)9(6-8)14(19)21/h2-6H,1H3,(H2,19,21)(H,20,22). The monoisotopic (exact) mass is 368 g/mol. The molecule has 4 nitrogen and oxygen atoms in total. The van der Waals surface area contributed by atoms with Gasteiger partial charge in [-0.1, -0.05) is 6.07 Å². The van der Waals surface area contributed by atoms with E-state index in [4.69, 9.17) is 5.73 Å². The van der Waals surface area contributed by atoms with Crippen LogP contribution in [0.25, 0.3) is 0 Å². The topological polar surface area (TPSA) is 72.2 Å². The average molecular weight is 369 g/mol. The van der Waals surface area contributed by atoms with Gasteiger partial charge in [-0.3, -0.25) is 9.59 Å². The average Bonchev–Trinajstić information content (AvgIpc) is 2.45. The van der Waals surface area contributed by atoms with Crippen LogP contribution in [0.1, 0.15) is 26.3 Å². The smallest absolute Gasteiger partial charge is 0.259 e. The van der Waals surface area contributed by atoms with Crippen molar-refractivity contribution in [3.05, 3.63) is 63.1 Å². The Bertz CT molecular complexity index is 778. The maximum absolute atomic E-state index is 14.1. The fraction of sp³-hybridized carbons (Fsp3) is 0.0667. The number of nitrogens with two attached hydrogens (primary N) is 1. The van der Waals surface area contributed by atoms with Crippen LogP contribution in [0.4, 0.5) is 14.5 Å². The van der Waals surface area contributed by atoms with Crippen LogP contribution in [0.3, 0.4) is 0 Å². The second kappa shape index (κ2) is 6.23. The van der Waals surface area contributed by atoms with Crippen LogP contribution in [-0.4, -0.2) is 11.8 Å². The highest BCUT2D eigenvalue weighted by Gasteiger charge is 2.18. The number of aryl methyl sites for hydroxylation is 1. The second-order valence-electron chi connectivity index (χ2n) is 4.57. The van der Waals surface area contributed by atoms with Gasteiger partial charge in [-0.25, -0.2) is 8.78 Å². The number of carbonyl (C=O) groups excluding carboxylic acids is 2. The van der Waals surface area contributed by atoms with Crippen molar-refractivity contribution in [2.24, 2.45) is 5.73 Å². The number of hydrogen-bond acceptors (Lipinski definition) is 2. The molecule has 2 amide bonds. The van der Waals surface area contributed by atoms with Gasteiger partial charge >= 0.3 is 0 Å². The molecule has 3 N–H and O–H groups in total. The van der Waals surface area contributed by atoms with E-state index in [1.54, 1.807) is 6.07 Å². The molecule has 0 spiro atoms. The minimum absolute atomic E-state index is 0.132. The molecule has 114 valence electrons. The molecule has 2 aromatic rings. The molecular weight excluding hydrogens is 358 g/mol. The molecule has 2 rings (SSSR count). The van der Waals surface area contributed by atoms with Crippen molar-refractivity contribution < 1.29 is 18.4 Å². The Balaban J connectivity index is 2.36. The number of benzene rings is 2. The molecule has 0 bridgehead atoms. The Morgan fingerprint density at radius 3 is 2.50 bits per heavy atom. The summed E-state index contributed by atoms with van der Waals surface area (Å²) in [5, 5.41) is 2.41. The van der Waals surface area contributed by atoms with Crippen LogP contribution in [0.15, 0.2) is 34.8 Å². The zero-order valence-electron chi connectivity index (χ0n) is 11.4. The first-order valence-corrected chi connectivity index (χ1v) is 6.96. The number of nitrogens with one attached hydrogen (secondary N) is 1. The van der Waals surface area contributed by atoms with E-state index in [1.165, 1.54) is 19.1 Å². The molecule has 0 aliphatic carbocycles. The van der Waals surface area contributed by atoms with Crippen LogP contribution in [0.2, 0.25) is 0 Å². The Labute approximate surface area is 133 Å². The van der Waals surface area contributed by atoms with E-state index in [0.717, 1.165) is 12.1 Å². The second-order valence-corrected chi connectivity index (χ2v) is 5.42. The summed E-state index contributed by atoms with van der Waals surface area (Å²) in [6.07, 6.45) is 0. The van der Waals surface area contributed by atoms with Gasteiger partial charge < -0.3 is 11.1 Å². The number of rotatable bonds is 3. The van der Waals surface area contributed by atoms with Crippen LogP contribution >= 0.6 is 15.9 Å². The lowest BCUT2D eigenvalue weighted by Crippen LogP contribution is -2.17. The fourth-order valence-corrected chi connectivity index (χ4v) is 2.34. The molecule has 0 fully saturated rings. The molecule has 0 unspecified atom stereocenters. The number of halogens is 3. The van der Waals surface area contributed by atoms with Crippen molar-refractivity contribution in [2.75, 3.05) is 5.32 Å². The third kappa shape index (κ3) is 3.14. The van der Waals surface area contributed by atoms with Gasteiger partial charge in [-0.15, -0.1) is 0 Å².